The number of unbranched alkanes of at least 4 members (excludes halogenated alkanes) is 1. The lowest BCUT2D eigenvalue weighted by molar-refractivity contribution is 0.0881. The number of nitrogens with zero attached hydrogens (tertiary/aromatic N) is 1. The molecule has 0 amide bonds. The van der Waals surface area contributed by atoms with Crippen molar-refractivity contribution in [1.29, 1.82) is 0 Å². The van der Waals surface area contributed by atoms with E-state index >= 15 is 0 Å². The van der Waals surface area contributed by atoms with Gasteiger partial charge >= 0.3 is 0 Å². The van der Waals surface area contributed by atoms with E-state index in [0.717, 1.165) is 13.2 Å². The standard InChI is InChI=1S/C11H23NO/c1-5-6-7-12(4)11(3)9-13-8-10(11)2/h10H,5-9H2,1-4H3/t10-,11+/m0/s1. The van der Waals surface area contributed by atoms with E-state index in [-0.39, 0.29) is 5.54 Å². The van der Waals surface area contributed by atoms with E-state index in [1.165, 1.54) is 19.4 Å². The predicted octanol–water partition coefficient (Wildman–Crippen LogP) is 2.14. The Balaban J connectivity index is 2.47. The number of likely N-dealkylation sites (N-methyl/N-ethyl adjacent to an activating group) is 1. The molecule has 0 bridgehead atoms. The van der Waals surface area contributed by atoms with Crippen LogP contribution in [0.25, 0.3) is 0 Å². The van der Waals surface area contributed by atoms with Crippen molar-refractivity contribution in [3.05, 3.63) is 0 Å². The van der Waals surface area contributed by atoms with Gasteiger partial charge in [-0.05, 0) is 32.9 Å². The Bertz CT molecular complexity index is 160. The van der Waals surface area contributed by atoms with Crippen molar-refractivity contribution in [2.75, 3.05) is 26.8 Å². The highest BCUT2D eigenvalue weighted by Crippen LogP contribution is 2.30. The Morgan fingerprint density at radius 1 is 1.54 bits per heavy atom. The van der Waals surface area contributed by atoms with Gasteiger partial charge in [0.25, 0.3) is 0 Å². The van der Waals surface area contributed by atoms with Gasteiger partial charge in [0.2, 0.25) is 0 Å². The molecule has 1 aliphatic rings. The van der Waals surface area contributed by atoms with Gasteiger partial charge in [0.05, 0.1) is 13.2 Å². The van der Waals surface area contributed by atoms with E-state index in [0.29, 0.717) is 5.92 Å². The Kier molecular flexibility index (Phi) is 3.74. The van der Waals surface area contributed by atoms with Gasteiger partial charge in [-0.3, -0.25) is 4.90 Å². The fourth-order valence-electron chi connectivity index (χ4n) is 1.90. The summed E-state index contributed by atoms with van der Waals surface area (Å²) in [5, 5.41) is 0. The maximum atomic E-state index is 5.53. The van der Waals surface area contributed by atoms with Gasteiger partial charge in [0, 0.05) is 5.54 Å². The third-order valence-electron chi connectivity index (χ3n) is 3.54. The molecule has 0 aliphatic carbocycles. The average molecular weight is 185 g/mol. The van der Waals surface area contributed by atoms with E-state index in [4.69, 9.17) is 4.74 Å². The fraction of sp³-hybridized carbons (Fsp3) is 1.00. The van der Waals surface area contributed by atoms with E-state index in [9.17, 15) is 0 Å². The fourth-order valence-corrected chi connectivity index (χ4v) is 1.90. The summed E-state index contributed by atoms with van der Waals surface area (Å²) in [4.78, 5) is 2.47. The summed E-state index contributed by atoms with van der Waals surface area (Å²) in [5.41, 5.74) is 0.273. The highest BCUT2D eigenvalue weighted by Gasteiger charge is 2.39. The van der Waals surface area contributed by atoms with Crippen LogP contribution in [0.4, 0.5) is 0 Å². The molecule has 0 aromatic rings. The van der Waals surface area contributed by atoms with Crippen LogP contribution in [0, 0.1) is 5.92 Å². The topological polar surface area (TPSA) is 12.5 Å². The lowest BCUT2D eigenvalue weighted by atomic mass is 9.89. The van der Waals surface area contributed by atoms with Crippen LogP contribution < -0.4 is 0 Å². The molecule has 1 fully saturated rings. The highest BCUT2D eigenvalue weighted by atomic mass is 16.5. The molecule has 0 spiro atoms. The van der Waals surface area contributed by atoms with Crippen LogP contribution in [0.2, 0.25) is 0 Å². The summed E-state index contributed by atoms with van der Waals surface area (Å²) >= 11 is 0. The Morgan fingerprint density at radius 2 is 2.23 bits per heavy atom. The molecule has 1 saturated heterocycles. The molecule has 0 saturated carbocycles. The third kappa shape index (κ3) is 2.23. The molecule has 0 N–H and O–H groups in total. The Morgan fingerprint density at radius 3 is 2.69 bits per heavy atom. The summed E-state index contributed by atoms with van der Waals surface area (Å²) in [6.07, 6.45) is 2.56. The first-order valence-corrected chi connectivity index (χ1v) is 5.40. The van der Waals surface area contributed by atoms with Crippen LogP contribution >= 0.6 is 0 Å². The molecule has 1 aliphatic heterocycles. The predicted molar refractivity (Wildman–Crippen MR) is 55.9 cm³/mol. The number of hydrogen-bond donors (Lipinski definition) is 0. The summed E-state index contributed by atoms with van der Waals surface area (Å²) in [7, 11) is 2.22. The van der Waals surface area contributed by atoms with Crippen molar-refractivity contribution >= 4 is 0 Å². The SMILES string of the molecule is CCCCN(C)[C@]1(C)COC[C@@H]1C. The van der Waals surface area contributed by atoms with Crippen LogP contribution in [0.5, 0.6) is 0 Å². The monoisotopic (exact) mass is 185 g/mol. The van der Waals surface area contributed by atoms with E-state index in [2.05, 4.69) is 32.7 Å². The first kappa shape index (κ1) is 11.0. The molecule has 0 unspecified atom stereocenters. The first-order chi connectivity index (χ1) is 6.11. The van der Waals surface area contributed by atoms with Crippen molar-refractivity contribution in [3.8, 4) is 0 Å². The van der Waals surface area contributed by atoms with E-state index in [1.807, 2.05) is 0 Å². The molecule has 0 radical (unpaired) electrons. The van der Waals surface area contributed by atoms with E-state index < -0.39 is 0 Å². The van der Waals surface area contributed by atoms with Crippen molar-refractivity contribution in [2.45, 2.75) is 39.2 Å². The zero-order chi connectivity index (χ0) is 9.90. The maximum Gasteiger partial charge on any atom is 0.0651 e. The second kappa shape index (κ2) is 4.43. The molecule has 1 rings (SSSR count). The molecule has 2 heteroatoms. The maximum absolute atomic E-state index is 5.53. The quantitative estimate of drug-likeness (QED) is 0.665. The minimum absolute atomic E-state index is 0.273. The van der Waals surface area contributed by atoms with Crippen molar-refractivity contribution < 1.29 is 4.74 Å². The van der Waals surface area contributed by atoms with Crippen LogP contribution in [0.15, 0.2) is 0 Å². The van der Waals surface area contributed by atoms with Gasteiger partial charge < -0.3 is 4.74 Å². The van der Waals surface area contributed by atoms with Crippen molar-refractivity contribution in [2.24, 2.45) is 5.92 Å². The van der Waals surface area contributed by atoms with Crippen LogP contribution in [0.1, 0.15) is 33.6 Å². The number of hydrogen-bond acceptors (Lipinski definition) is 2. The third-order valence-corrected chi connectivity index (χ3v) is 3.54. The summed E-state index contributed by atoms with van der Waals surface area (Å²) < 4.78 is 5.53. The Hall–Kier alpha value is -0.0800. The summed E-state index contributed by atoms with van der Waals surface area (Å²) in [6.45, 7) is 9.86. The van der Waals surface area contributed by atoms with Gasteiger partial charge in [-0.1, -0.05) is 20.3 Å². The normalized spacial score (nSPS) is 34.4. The lowest BCUT2D eigenvalue weighted by Gasteiger charge is -2.37. The molecule has 0 aromatic heterocycles. The van der Waals surface area contributed by atoms with E-state index in [1.54, 1.807) is 0 Å². The zero-order valence-electron chi connectivity index (χ0n) is 9.47. The largest absolute Gasteiger partial charge is 0.379 e. The molecule has 1 heterocycles. The number of ether oxygens (including phenoxy) is 1. The molecular formula is C11H23NO. The Labute approximate surface area is 82.3 Å². The average Bonchev–Trinajstić information content (AvgIpc) is 2.44. The second-order valence-corrected chi connectivity index (χ2v) is 4.55. The van der Waals surface area contributed by atoms with Gasteiger partial charge in [-0.15, -0.1) is 0 Å². The van der Waals surface area contributed by atoms with Crippen LogP contribution in [-0.4, -0.2) is 37.2 Å². The van der Waals surface area contributed by atoms with Gasteiger partial charge in [-0.25, -0.2) is 0 Å². The molecule has 78 valence electrons. The van der Waals surface area contributed by atoms with Gasteiger partial charge in [0.15, 0.2) is 0 Å². The summed E-state index contributed by atoms with van der Waals surface area (Å²) in [6, 6.07) is 0. The first-order valence-electron chi connectivity index (χ1n) is 5.40. The van der Waals surface area contributed by atoms with Crippen LogP contribution in [-0.2, 0) is 4.74 Å². The minimum atomic E-state index is 0.273. The molecule has 13 heavy (non-hydrogen) atoms. The van der Waals surface area contributed by atoms with Gasteiger partial charge in [0.1, 0.15) is 0 Å². The lowest BCUT2D eigenvalue weighted by Crippen LogP contribution is -2.49. The molecular weight excluding hydrogens is 162 g/mol. The molecule has 2 atom stereocenters. The number of rotatable bonds is 4. The zero-order valence-corrected chi connectivity index (χ0v) is 9.47. The molecule has 2 nitrogen and oxygen atoms in total. The summed E-state index contributed by atoms with van der Waals surface area (Å²) in [5.74, 6) is 0.661. The second-order valence-electron chi connectivity index (χ2n) is 4.55. The van der Waals surface area contributed by atoms with Gasteiger partial charge in [-0.2, -0.15) is 0 Å². The smallest absolute Gasteiger partial charge is 0.0651 e. The molecule has 0 aromatic carbocycles. The van der Waals surface area contributed by atoms with Crippen molar-refractivity contribution in [3.63, 3.8) is 0 Å². The highest BCUT2D eigenvalue weighted by molar-refractivity contribution is 4.93. The minimum Gasteiger partial charge on any atom is -0.379 e. The van der Waals surface area contributed by atoms with Crippen molar-refractivity contribution in [1.82, 2.24) is 4.90 Å². The van der Waals surface area contributed by atoms with Crippen LogP contribution in [0.3, 0.4) is 0 Å².